The van der Waals surface area contributed by atoms with Gasteiger partial charge in [0.05, 0.1) is 23.1 Å². The summed E-state index contributed by atoms with van der Waals surface area (Å²) in [4.78, 5) is 7.69. The van der Waals surface area contributed by atoms with Gasteiger partial charge >= 0.3 is 0 Å². The molecule has 0 aliphatic carbocycles. The van der Waals surface area contributed by atoms with Gasteiger partial charge in [-0.2, -0.15) is 4.98 Å². The number of allylic oxidation sites excluding steroid dienone is 1. The van der Waals surface area contributed by atoms with Gasteiger partial charge in [0.1, 0.15) is 5.75 Å². The number of benzene rings is 2. The molecule has 0 bridgehead atoms. The van der Waals surface area contributed by atoms with E-state index in [0.717, 1.165) is 33.1 Å². The molecule has 0 radical (unpaired) electrons. The lowest BCUT2D eigenvalue weighted by molar-refractivity contribution is 0.340. The zero-order valence-corrected chi connectivity index (χ0v) is 19.8. The first-order valence-electron chi connectivity index (χ1n) is 10.6. The predicted molar refractivity (Wildman–Crippen MR) is 135 cm³/mol. The number of aromatic nitrogens is 2. The van der Waals surface area contributed by atoms with E-state index in [1.807, 2.05) is 78.7 Å². The second-order valence-electron chi connectivity index (χ2n) is 7.46. The van der Waals surface area contributed by atoms with E-state index in [0.29, 0.717) is 23.4 Å². The molecule has 0 amide bonds. The summed E-state index contributed by atoms with van der Waals surface area (Å²) in [6, 6.07) is 21.8. The van der Waals surface area contributed by atoms with Crippen molar-refractivity contribution >= 4 is 39.9 Å². The van der Waals surface area contributed by atoms with Gasteiger partial charge < -0.3 is 14.6 Å². The van der Waals surface area contributed by atoms with Crippen LogP contribution in [0, 0.1) is 0 Å². The Kier molecular flexibility index (Phi) is 5.93. The van der Waals surface area contributed by atoms with Crippen LogP contribution in [-0.2, 0) is 0 Å². The maximum atomic E-state index is 5.80. The molecule has 8 heteroatoms. The Bertz CT molecular complexity index is 1280. The topological polar surface area (TPSA) is 63.4 Å². The molecule has 2 aromatic heterocycles. The minimum atomic E-state index is -0.214. The minimum absolute atomic E-state index is 0.214. The highest BCUT2D eigenvalue weighted by Gasteiger charge is 2.34. The summed E-state index contributed by atoms with van der Waals surface area (Å²) < 4.78 is 11.4. The zero-order chi connectivity index (χ0) is 22.8. The highest BCUT2D eigenvalue weighted by molar-refractivity contribution is 7.80. The van der Waals surface area contributed by atoms with Crippen molar-refractivity contribution in [3.05, 3.63) is 89.3 Å². The summed E-state index contributed by atoms with van der Waals surface area (Å²) in [5, 5.41) is 10.3. The highest BCUT2D eigenvalue weighted by Crippen LogP contribution is 2.39. The molecule has 6 nitrogen and oxygen atoms in total. The Hall–Kier alpha value is -3.49. The van der Waals surface area contributed by atoms with Gasteiger partial charge in [0.2, 0.25) is 5.82 Å². The van der Waals surface area contributed by atoms with E-state index < -0.39 is 0 Å². The first-order chi connectivity index (χ1) is 16.2. The summed E-state index contributed by atoms with van der Waals surface area (Å²) in [6.07, 6.45) is 0. The smallest absolute Gasteiger partial charge is 0.258 e. The van der Waals surface area contributed by atoms with Gasteiger partial charge in [0.15, 0.2) is 5.11 Å². The average Bonchev–Trinajstić information content (AvgIpc) is 3.53. The Morgan fingerprint density at radius 1 is 1.09 bits per heavy atom. The van der Waals surface area contributed by atoms with E-state index in [1.54, 1.807) is 11.3 Å². The van der Waals surface area contributed by atoms with Crippen LogP contribution in [0.25, 0.3) is 16.3 Å². The number of thiophene rings is 1. The van der Waals surface area contributed by atoms with Crippen LogP contribution in [-0.4, -0.2) is 21.9 Å². The number of anilines is 1. The summed E-state index contributed by atoms with van der Waals surface area (Å²) in [5.74, 6) is 1.86. The van der Waals surface area contributed by atoms with Crippen LogP contribution in [0.5, 0.6) is 5.75 Å². The van der Waals surface area contributed by atoms with Crippen molar-refractivity contribution in [1.82, 2.24) is 15.5 Å². The van der Waals surface area contributed by atoms with E-state index in [2.05, 4.69) is 22.6 Å². The summed E-state index contributed by atoms with van der Waals surface area (Å²) in [6.45, 7) is 4.62. The number of ether oxygens (including phenoxy) is 1. The van der Waals surface area contributed by atoms with Gasteiger partial charge in [-0.1, -0.05) is 41.6 Å². The van der Waals surface area contributed by atoms with Crippen LogP contribution < -0.4 is 15.0 Å². The van der Waals surface area contributed by atoms with Gasteiger partial charge in [-0.05, 0) is 67.3 Å². The van der Waals surface area contributed by atoms with Crippen molar-refractivity contribution in [2.45, 2.75) is 19.9 Å². The van der Waals surface area contributed by atoms with Gasteiger partial charge in [0, 0.05) is 11.4 Å². The second kappa shape index (κ2) is 9.17. The van der Waals surface area contributed by atoms with E-state index in [1.165, 1.54) is 0 Å². The fourth-order valence-electron chi connectivity index (χ4n) is 3.92. The van der Waals surface area contributed by atoms with Crippen LogP contribution in [0.15, 0.2) is 82.3 Å². The third kappa shape index (κ3) is 4.15. The molecule has 1 aliphatic heterocycles. The van der Waals surface area contributed by atoms with Crippen molar-refractivity contribution in [1.29, 1.82) is 0 Å². The first-order valence-corrected chi connectivity index (χ1v) is 11.9. The molecule has 0 spiro atoms. The molecule has 1 atom stereocenters. The maximum absolute atomic E-state index is 5.80. The monoisotopic (exact) mass is 474 g/mol. The SMILES string of the molecule is CCOc1ccc(N2C(=S)NC(c3ccccc3)C(c3nc(-c4cccs4)no3)=C2C)cc1. The summed E-state index contributed by atoms with van der Waals surface area (Å²) >= 11 is 7.38. The molecule has 1 aliphatic rings. The van der Waals surface area contributed by atoms with E-state index in [-0.39, 0.29) is 6.04 Å². The molecule has 3 heterocycles. The molecule has 2 aromatic carbocycles. The van der Waals surface area contributed by atoms with E-state index in [4.69, 9.17) is 26.5 Å². The number of rotatable bonds is 6. The molecule has 5 rings (SSSR count). The number of hydrogen-bond donors (Lipinski definition) is 1. The maximum Gasteiger partial charge on any atom is 0.258 e. The Balaban J connectivity index is 1.61. The van der Waals surface area contributed by atoms with Crippen molar-refractivity contribution in [3.63, 3.8) is 0 Å². The minimum Gasteiger partial charge on any atom is -0.494 e. The van der Waals surface area contributed by atoms with Crippen molar-refractivity contribution in [2.24, 2.45) is 0 Å². The van der Waals surface area contributed by atoms with Gasteiger partial charge in [-0.25, -0.2) is 0 Å². The molecule has 1 unspecified atom stereocenters. The lowest BCUT2D eigenvalue weighted by Crippen LogP contribution is -2.46. The molecule has 0 saturated carbocycles. The Morgan fingerprint density at radius 2 is 1.88 bits per heavy atom. The molecule has 0 saturated heterocycles. The highest BCUT2D eigenvalue weighted by atomic mass is 32.1. The van der Waals surface area contributed by atoms with Crippen LogP contribution in [0.4, 0.5) is 5.69 Å². The third-order valence-electron chi connectivity index (χ3n) is 5.42. The number of nitrogens with one attached hydrogen (secondary N) is 1. The molecule has 4 aromatic rings. The normalized spacial score (nSPS) is 16.1. The van der Waals surface area contributed by atoms with E-state index >= 15 is 0 Å². The van der Waals surface area contributed by atoms with Crippen LogP contribution in [0.1, 0.15) is 31.3 Å². The van der Waals surface area contributed by atoms with Crippen molar-refractivity contribution in [3.8, 4) is 16.5 Å². The van der Waals surface area contributed by atoms with Gasteiger partial charge in [-0.3, -0.25) is 4.90 Å². The lowest BCUT2D eigenvalue weighted by Gasteiger charge is -2.37. The fourth-order valence-corrected chi connectivity index (χ4v) is 4.93. The number of hydrogen-bond acceptors (Lipinski definition) is 6. The fraction of sp³-hybridized carbons (Fsp3) is 0.160. The quantitative estimate of drug-likeness (QED) is 0.341. The van der Waals surface area contributed by atoms with Crippen LogP contribution in [0.3, 0.4) is 0 Å². The van der Waals surface area contributed by atoms with Crippen LogP contribution >= 0.6 is 23.6 Å². The van der Waals surface area contributed by atoms with E-state index in [9.17, 15) is 0 Å². The molecule has 1 N–H and O–H groups in total. The molecule has 33 heavy (non-hydrogen) atoms. The number of thiocarbonyl (C=S) groups is 1. The van der Waals surface area contributed by atoms with Crippen LogP contribution in [0.2, 0.25) is 0 Å². The molecule has 166 valence electrons. The van der Waals surface area contributed by atoms with Crippen molar-refractivity contribution in [2.75, 3.05) is 11.5 Å². The molecule has 0 fully saturated rings. The zero-order valence-electron chi connectivity index (χ0n) is 18.2. The molecular formula is C25H22N4O2S2. The van der Waals surface area contributed by atoms with Crippen molar-refractivity contribution < 1.29 is 9.26 Å². The van der Waals surface area contributed by atoms with Gasteiger partial charge in [0.25, 0.3) is 5.89 Å². The number of nitrogens with zero attached hydrogens (tertiary/aromatic N) is 3. The predicted octanol–water partition coefficient (Wildman–Crippen LogP) is 6.06. The third-order valence-corrected chi connectivity index (χ3v) is 6.59. The average molecular weight is 475 g/mol. The van der Waals surface area contributed by atoms with Gasteiger partial charge in [-0.15, -0.1) is 11.3 Å². The summed E-state index contributed by atoms with van der Waals surface area (Å²) in [7, 11) is 0. The lowest BCUT2D eigenvalue weighted by atomic mass is 9.94. The molecular weight excluding hydrogens is 452 g/mol. The second-order valence-corrected chi connectivity index (χ2v) is 8.79. The standard InChI is InChI=1S/C25H22N4O2S2/c1-3-30-19-13-11-18(12-14-19)29-16(2)21(22(26-25(29)32)17-8-5-4-6-9-17)24-27-23(28-31-24)20-10-7-15-33-20/h4-15,22H,3H2,1-2H3,(H,26,32). The Labute approximate surface area is 201 Å². The largest absolute Gasteiger partial charge is 0.494 e. The first kappa shape index (κ1) is 21.4. The summed E-state index contributed by atoms with van der Waals surface area (Å²) in [5.41, 5.74) is 3.81. The Morgan fingerprint density at radius 3 is 2.58 bits per heavy atom.